The molecule has 0 aromatic carbocycles. The fourth-order valence-corrected chi connectivity index (χ4v) is 1.29. The maximum atomic E-state index is 2.30. The molecule has 1 heteroatoms. The van der Waals surface area contributed by atoms with E-state index < -0.39 is 0 Å². The van der Waals surface area contributed by atoms with Crippen LogP contribution in [0.15, 0.2) is 24.3 Å². The van der Waals surface area contributed by atoms with E-state index in [0.29, 0.717) is 12.0 Å². The van der Waals surface area contributed by atoms with Crippen molar-refractivity contribution in [3.05, 3.63) is 24.3 Å². The van der Waals surface area contributed by atoms with Crippen molar-refractivity contribution in [3.63, 3.8) is 0 Å². The van der Waals surface area contributed by atoms with E-state index in [9.17, 15) is 0 Å². The summed E-state index contributed by atoms with van der Waals surface area (Å²) >= 11 is 0. The van der Waals surface area contributed by atoms with Gasteiger partial charge in [0.25, 0.3) is 0 Å². The molecule has 0 unspecified atom stereocenters. The van der Waals surface area contributed by atoms with Gasteiger partial charge in [-0.1, -0.05) is 24.3 Å². The highest BCUT2D eigenvalue weighted by atomic mass is 15.3. The lowest BCUT2D eigenvalue weighted by molar-refractivity contribution is -0.896. The van der Waals surface area contributed by atoms with Crippen LogP contribution in [0.5, 0.6) is 0 Å². The first kappa shape index (κ1) is 8.54. The zero-order valence-corrected chi connectivity index (χ0v) is 7.91. The summed E-state index contributed by atoms with van der Waals surface area (Å²) in [5.74, 6) is 0.634. The van der Waals surface area contributed by atoms with Crippen molar-refractivity contribution >= 4 is 0 Å². The van der Waals surface area contributed by atoms with E-state index in [-0.39, 0.29) is 0 Å². The largest absolute Gasteiger partial charge is 0.328 e. The van der Waals surface area contributed by atoms with Crippen LogP contribution in [0.4, 0.5) is 0 Å². The Bertz CT molecular complexity index is 172. The molecule has 0 heterocycles. The minimum atomic E-state index is 0.634. The van der Waals surface area contributed by atoms with E-state index in [2.05, 4.69) is 52.4 Å². The Morgan fingerprint density at radius 1 is 1.09 bits per heavy atom. The Labute approximate surface area is 69.6 Å². The third kappa shape index (κ3) is 1.93. The third-order valence-electron chi connectivity index (χ3n) is 2.56. The first-order valence-electron chi connectivity index (χ1n) is 4.18. The second kappa shape index (κ2) is 2.82. The van der Waals surface area contributed by atoms with Crippen LogP contribution in [-0.2, 0) is 0 Å². The molecule has 1 atom stereocenters. The standard InChI is InChI=1S/C10H18N/c1-9(11(2,3)4)10-7-5-6-8-10/h5-10H,1-4H3/q+1/t9-/m1/s1. The van der Waals surface area contributed by atoms with Crippen LogP contribution in [0.25, 0.3) is 0 Å². The fourth-order valence-electron chi connectivity index (χ4n) is 1.29. The zero-order valence-electron chi connectivity index (χ0n) is 7.91. The van der Waals surface area contributed by atoms with Gasteiger partial charge in [-0.2, -0.15) is 0 Å². The Morgan fingerprint density at radius 2 is 1.55 bits per heavy atom. The van der Waals surface area contributed by atoms with Crippen LogP contribution in [0.3, 0.4) is 0 Å². The summed E-state index contributed by atoms with van der Waals surface area (Å²) in [5.41, 5.74) is 0. The minimum Gasteiger partial charge on any atom is -0.328 e. The summed E-state index contributed by atoms with van der Waals surface area (Å²) in [4.78, 5) is 0. The maximum Gasteiger partial charge on any atom is 0.0954 e. The molecule has 62 valence electrons. The van der Waals surface area contributed by atoms with Gasteiger partial charge in [-0.3, -0.25) is 0 Å². The first-order chi connectivity index (χ1) is 5.02. The van der Waals surface area contributed by atoms with E-state index in [1.807, 2.05) is 0 Å². The Kier molecular flexibility index (Phi) is 2.19. The SMILES string of the molecule is C[C@H](C1C=CC=C1)[N+](C)(C)C. The molecule has 0 aliphatic heterocycles. The second-order valence-corrected chi connectivity index (χ2v) is 4.20. The monoisotopic (exact) mass is 152 g/mol. The number of hydrogen-bond acceptors (Lipinski definition) is 0. The van der Waals surface area contributed by atoms with Crippen LogP contribution in [-0.4, -0.2) is 31.7 Å². The molecule has 0 bridgehead atoms. The van der Waals surface area contributed by atoms with Gasteiger partial charge in [0.05, 0.1) is 27.2 Å². The van der Waals surface area contributed by atoms with Gasteiger partial charge in [0, 0.05) is 5.92 Å². The Morgan fingerprint density at radius 3 is 1.91 bits per heavy atom. The summed E-state index contributed by atoms with van der Waals surface area (Å²) in [6.45, 7) is 2.30. The van der Waals surface area contributed by atoms with Gasteiger partial charge >= 0.3 is 0 Å². The highest BCUT2D eigenvalue weighted by molar-refractivity contribution is 5.18. The van der Waals surface area contributed by atoms with Crippen LogP contribution in [0.1, 0.15) is 6.92 Å². The average Bonchev–Trinajstić information content (AvgIpc) is 2.34. The molecule has 0 fully saturated rings. The van der Waals surface area contributed by atoms with Crippen LogP contribution in [0, 0.1) is 5.92 Å². The lowest BCUT2D eigenvalue weighted by Gasteiger charge is -2.34. The van der Waals surface area contributed by atoms with Crippen molar-refractivity contribution in [1.29, 1.82) is 0 Å². The van der Waals surface area contributed by atoms with Crippen molar-refractivity contribution in [2.75, 3.05) is 21.1 Å². The van der Waals surface area contributed by atoms with Gasteiger partial charge in [0.2, 0.25) is 0 Å². The van der Waals surface area contributed by atoms with E-state index in [1.54, 1.807) is 0 Å². The molecular formula is C10H18N+. The molecule has 0 aromatic rings. The molecule has 0 aromatic heterocycles. The molecule has 1 aliphatic carbocycles. The van der Waals surface area contributed by atoms with Gasteiger partial charge in [0.15, 0.2) is 0 Å². The lowest BCUT2D eigenvalue weighted by Crippen LogP contribution is -2.46. The molecular weight excluding hydrogens is 134 g/mol. The molecule has 0 radical (unpaired) electrons. The van der Waals surface area contributed by atoms with Crippen LogP contribution >= 0.6 is 0 Å². The topological polar surface area (TPSA) is 0 Å². The fraction of sp³-hybridized carbons (Fsp3) is 0.600. The van der Waals surface area contributed by atoms with Gasteiger partial charge in [-0.15, -0.1) is 0 Å². The third-order valence-corrected chi connectivity index (χ3v) is 2.56. The summed E-state index contributed by atoms with van der Waals surface area (Å²) < 4.78 is 1.03. The molecule has 1 aliphatic rings. The quantitative estimate of drug-likeness (QED) is 0.529. The molecule has 11 heavy (non-hydrogen) atoms. The van der Waals surface area contributed by atoms with Crippen molar-refractivity contribution in [2.24, 2.45) is 5.92 Å². The van der Waals surface area contributed by atoms with Crippen molar-refractivity contribution < 1.29 is 4.48 Å². The van der Waals surface area contributed by atoms with E-state index >= 15 is 0 Å². The highest BCUT2D eigenvalue weighted by Gasteiger charge is 2.25. The van der Waals surface area contributed by atoms with E-state index in [4.69, 9.17) is 0 Å². The lowest BCUT2D eigenvalue weighted by atomic mass is 10.0. The molecule has 0 N–H and O–H groups in total. The Hall–Kier alpha value is -0.560. The maximum absolute atomic E-state index is 2.30. The van der Waals surface area contributed by atoms with Gasteiger partial charge in [-0.25, -0.2) is 0 Å². The first-order valence-corrected chi connectivity index (χ1v) is 4.18. The molecule has 1 nitrogen and oxygen atoms in total. The van der Waals surface area contributed by atoms with Crippen LogP contribution in [0.2, 0.25) is 0 Å². The number of hydrogen-bond donors (Lipinski definition) is 0. The smallest absolute Gasteiger partial charge is 0.0954 e. The zero-order chi connectivity index (χ0) is 8.48. The predicted molar refractivity (Wildman–Crippen MR) is 49.3 cm³/mol. The van der Waals surface area contributed by atoms with Crippen molar-refractivity contribution in [3.8, 4) is 0 Å². The minimum absolute atomic E-state index is 0.634. The normalized spacial score (nSPS) is 21.1. The Balaban J connectivity index is 2.61. The van der Waals surface area contributed by atoms with Gasteiger partial charge in [0.1, 0.15) is 0 Å². The molecule has 1 rings (SSSR count). The average molecular weight is 152 g/mol. The van der Waals surface area contributed by atoms with Crippen molar-refractivity contribution in [1.82, 2.24) is 0 Å². The number of nitrogens with zero attached hydrogens (tertiary/aromatic N) is 1. The summed E-state index contributed by atoms with van der Waals surface area (Å²) in [7, 11) is 6.72. The van der Waals surface area contributed by atoms with Gasteiger partial charge in [-0.05, 0) is 6.92 Å². The summed E-state index contributed by atoms with van der Waals surface area (Å²) in [6.07, 6.45) is 8.82. The molecule has 0 saturated carbocycles. The van der Waals surface area contributed by atoms with E-state index in [0.717, 1.165) is 4.48 Å². The number of allylic oxidation sites excluding steroid dienone is 2. The predicted octanol–water partition coefficient (Wildman–Crippen LogP) is 1.82. The summed E-state index contributed by atoms with van der Waals surface area (Å²) in [5, 5.41) is 0. The van der Waals surface area contributed by atoms with Crippen molar-refractivity contribution in [2.45, 2.75) is 13.0 Å². The number of rotatable bonds is 2. The highest BCUT2D eigenvalue weighted by Crippen LogP contribution is 2.19. The van der Waals surface area contributed by atoms with Crippen LogP contribution < -0.4 is 0 Å². The number of quaternary nitrogens is 1. The van der Waals surface area contributed by atoms with Gasteiger partial charge < -0.3 is 4.48 Å². The molecule has 0 saturated heterocycles. The summed E-state index contributed by atoms with van der Waals surface area (Å²) in [6, 6.07) is 0.671. The molecule has 0 amide bonds. The van der Waals surface area contributed by atoms with E-state index in [1.165, 1.54) is 0 Å². The molecule has 0 spiro atoms. The second-order valence-electron chi connectivity index (χ2n) is 4.20.